The van der Waals surface area contributed by atoms with Crippen LogP contribution < -0.4 is 14.9 Å². The summed E-state index contributed by atoms with van der Waals surface area (Å²) in [5, 5.41) is 13.7. The molecule has 1 heterocycles. The van der Waals surface area contributed by atoms with Gasteiger partial charge in [0, 0.05) is 6.21 Å². The zero-order chi connectivity index (χ0) is 16.8. The molecule has 0 spiro atoms. The Bertz CT molecular complexity index is 772. The zero-order valence-corrected chi connectivity index (χ0v) is 12.8. The number of ether oxygens (including phenoxy) is 2. The highest BCUT2D eigenvalue weighted by Gasteiger charge is 2.15. The molecule has 0 bridgehead atoms. The number of hydrazone groups is 1. The van der Waals surface area contributed by atoms with Crippen molar-refractivity contribution in [1.82, 2.24) is 5.43 Å². The highest BCUT2D eigenvalue weighted by molar-refractivity contribution is 5.84. The van der Waals surface area contributed by atoms with Gasteiger partial charge in [-0.25, -0.2) is 5.43 Å². The van der Waals surface area contributed by atoms with Crippen LogP contribution in [0.3, 0.4) is 0 Å². The van der Waals surface area contributed by atoms with Gasteiger partial charge in [-0.05, 0) is 29.3 Å². The van der Waals surface area contributed by atoms with Crippen LogP contribution in [0.1, 0.15) is 17.2 Å². The Morgan fingerprint density at radius 1 is 1.17 bits per heavy atom. The molecule has 1 amide bonds. The van der Waals surface area contributed by atoms with Crippen molar-refractivity contribution in [3.8, 4) is 11.5 Å². The molecular weight excluding hydrogens is 308 g/mol. The van der Waals surface area contributed by atoms with Gasteiger partial charge in [-0.1, -0.05) is 42.5 Å². The molecule has 0 saturated heterocycles. The Morgan fingerprint density at radius 3 is 2.79 bits per heavy atom. The molecule has 6 heteroatoms. The van der Waals surface area contributed by atoms with Gasteiger partial charge in [0.05, 0.1) is 0 Å². The number of aliphatic hydroxyl groups excluding tert-OH is 1. The van der Waals surface area contributed by atoms with Gasteiger partial charge < -0.3 is 14.6 Å². The quantitative estimate of drug-likeness (QED) is 0.653. The fourth-order valence-electron chi connectivity index (χ4n) is 2.16. The third-order valence-electron chi connectivity index (χ3n) is 3.38. The average molecular weight is 324 g/mol. The van der Waals surface area contributed by atoms with Gasteiger partial charge in [0.15, 0.2) is 17.6 Å². The molecule has 3 rings (SSSR count). The van der Waals surface area contributed by atoms with Gasteiger partial charge >= 0.3 is 0 Å². The van der Waals surface area contributed by atoms with E-state index in [2.05, 4.69) is 10.5 Å². The Morgan fingerprint density at radius 2 is 1.96 bits per heavy atom. The number of nitrogens with zero attached hydrogens (tertiary/aromatic N) is 1. The lowest BCUT2D eigenvalue weighted by molar-refractivity contribution is -0.129. The largest absolute Gasteiger partial charge is 0.454 e. The summed E-state index contributed by atoms with van der Waals surface area (Å²) in [6.45, 7) is 0.236. The van der Waals surface area contributed by atoms with E-state index in [-0.39, 0.29) is 6.79 Å². The van der Waals surface area contributed by atoms with Crippen LogP contribution in [0.25, 0.3) is 6.08 Å². The molecule has 122 valence electrons. The Balaban J connectivity index is 1.52. The molecule has 0 fully saturated rings. The van der Waals surface area contributed by atoms with E-state index in [9.17, 15) is 9.90 Å². The van der Waals surface area contributed by atoms with E-state index in [1.807, 2.05) is 30.3 Å². The van der Waals surface area contributed by atoms with Crippen molar-refractivity contribution in [3.05, 3.63) is 65.7 Å². The standard InChI is InChI=1S/C18H16N2O4/c21-17(14-6-2-1-3-7-14)18(22)20-19-10-4-5-13-8-9-15-16(11-13)24-12-23-15/h1-11,17,21H,12H2,(H,20,22)/b5-4+,19-10-/t17-/m1/s1. The number of hydrogen-bond donors (Lipinski definition) is 2. The van der Waals surface area contributed by atoms with Crippen LogP contribution in [0.4, 0.5) is 0 Å². The minimum atomic E-state index is -1.25. The lowest BCUT2D eigenvalue weighted by Gasteiger charge is -2.08. The van der Waals surface area contributed by atoms with Crippen LogP contribution in [0.5, 0.6) is 11.5 Å². The van der Waals surface area contributed by atoms with Gasteiger partial charge in [0.25, 0.3) is 5.91 Å². The first-order valence-corrected chi connectivity index (χ1v) is 7.36. The Hall–Kier alpha value is -3.12. The first kappa shape index (κ1) is 15.8. The molecule has 1 aliphatic rings. The second-order valence-corrected chi connectivity index (χ2v) is 5.04. The molecule has 0 aliphatic carbocycles. The summed E-state index contributed by atoms with van der Waals surface area (Å²) < 4.78 is 10.5. The number of amides is 1. The maximum absolute atomic E-state index is 11.8. The number of nitrogens with one attached hydrogen (secondary N) is 1. The van der Waals surface area contributed by atoms with Crippen LogP contribution in [0.2, 0.25) is 0 Å². The highest BCUT2D eigenvalue weighted by Crippen LogP contribution is 2.32. The molecule has 0 radical (unpaired) electrons. The summed E-state index contributed by atoms with van der Waals surface area (Å²) in [5.74, 6) is 0.838. The van der Waals surface area contributed by atoms with Gasteiger partial charge in [0.2, 0.25) is 6.79 Å². The number of allylic oxidation sites excluding steroid dienone is 1. The fraction of sp³-hybridized carbons (Fsp3) is 0.111. The number of carbonyl (C=O) groups is 1. The predicted molar refractivity (Wildman–Crippen MR) is 89.6 cm³/mol. The van der Waals surface area contributed by atoms with E-state index >= 15 is 0 Å². The summed E-state index contributed by atoms with van der Waals surface area (Å²) in [6, 6.07) is 14.2. The number of aliphatic hydroxyl groups is 1. The lowest BCUT2D eigenvalue weighted by Crippen LogP contribution is -2.24. The van der Waals surface area contributed by atoms with Crippen LogP contribution in [-0.2, 0) is 4.79 Å². The fourth-order valence-corrected chi connectivity index (χ4v) is 2.16. The molecule has 24 heavy (non-hydrogen) atoms. The lowest BCUT2D eigenvalue weighted by atomic mass is 10.1. The van der Waals surface area contributed by atoms with Crippen molar-refractivity contribution in [3.63, 3.8) is 0 Å². The van der Waals surface area contributed by atoms with E-state index in [1.165, 1.54) is 6.21 Å². The van der Waals surface area contributed by atoms with Crippen molar-refractivity contribution in [2.75, 3.05) is 6.79 Å². The van der Waals surface area contributed by atoms with Gasteiger partial charge in [-0.2, -0.15) is 5.10 Å². The third kappa shape index (κ3) is 3.80. The predicted octanol–water partition coefficient (Wildman–Crippen LogP) is 2.26. The van der Waals surface area contributed by atoms with Crippen LogP contribution in [0, 0.1) is 0 Å². The van der Waals surface area contributed by atoms with Crippen LogP contribution in [-0.4, -0.2) is 24.0 Å². The number of benzene rings is 2. The average Bonchev–Trinajstić information content (AvgIpc) is 3.09. The number of carbonyl (C=O) groups excluding carboxylic acids is 1. The normalized spacial score (nSPS) is 14.2. The van der Waals surface area contributed by atoms with Gasteiger partial charge in [-0.3, -0.25) is 4.79 Å². The van der Waals surface area contributed by atoms with E-state index in [4.69, 9.17) is 9.47 Å². The first-order valence-electron chi connectivity index (χ1n) is 7.36. The van der Waals surface area contributed by atoms with E-state index in [0.29, 0.717) is 11.3 Å². The molecule has 6 nitrogen and oxygen atoms in total. The summed E-state index contributed by atoms with van der Waals surface area (Å²) in [5.41, 5.74) is 3.73. The summed E-state index contributed by atoms with van der Waals surface area (Å²) >= 11 is 0. The van der Waals surface area contributed by atoms with E-state index in [0.717, 1.165) is 11.3 Å². The van der Waals surface area contributed by atoms with Crippen molar-refractivity contribution >= 4 is 18.2 Å². The minimum Gasteiger partial charge on any atom is -0.454 e. The second kappa shape index (κ2) is 7.43. The summed E-state index contributed by atoms with van der Waals surface area (Å²) in [4.78, 5) is 11.8. The zero-order valence-electron chi connectivity index (χ0n) is 12.8. The topological polar surface area (TPSA) is 80.2 Å². The highest BCUT2D eigenvalue weighted by atomic mass is 16.7. The van der Waals surface area contributed by atoms with E-state index < -0.39 is 12.0 Å². The molecule has 1 atom stereocenters. The van der Waals surface area contributed by atoms with Crippen molar-refractivity contribution in [1.29, 1.82) is 0 Å². The SMILES string of the molecule is O=C(N/N=C\C=C\c1ccc2c(c1)OCO2)[C@H](O)c1ccccc1. The molecule has 2 N–H and O–H groups in total. The van der Waals surface area contributed by atoms with Crippen LogP contribution >= 0.6 is 0 Å². The molecule has 0 saturated carbocycles. The smallest absolute Gasteiger partial charge is 0.273 e. The molecule has 2 aromatic rings. The molecular formula is C18H16N2O4. The maximum Gasteiger partial charge on any atom is 0.273 e. The van der Waals surface area contributed by atoms with Crippen molar-refractivity contribution < 1.29 is 19.4 Å². The minimum absolute atomic E-state index is 0.236. The Labute approximate surface area is 139 Å². The maximum atomic E-state index is 11.8. The Kier molecular flexibility index (Phi) is 4.88. The summed E-state index contributed by atoms with van der Waals surface area (Å²) in [6.07, 6.45) is 3.67. The third-order valence-corrected chi connectivity index (χ3v) is 3.38. The van der Waals surface area contributed by atoms with Crippen molar-refractivity contribution in [2.24, 2.45) is 5.10 Å². The number of rotatable bonds is 5. The van der Waals surface area contributed by atoms with Gasteiger partial charge in [0.1, 0.15) is 0 Å². The molecule has 0 aromatic heterocycles. The summed E-state index contributed by atoms with van der Waals surface area (Å²) in [7, 11) is 0. The number of hydrogen-bond acceptors (Lipinski definition) is 5. The van der Waals surface area contributed by atoms with Crippen molar-refractivity contribution in [2.45, 2.75) is 6.10 Å². The molecule has 0 unspecified atom stereocenters. The molecule has 2 aromatic carbocycles. The first-order chi connectivity index (χ1) is 11.7. The number of fused-ring (bicyclic) bond motifs is 1. The van der Waals surface area contributed by atoms with E-state index in [1.54, 1.807) is 30.3 Å². The monoisotopic (exact) mass is 324 g/mol. The molecule has 1 aliphatic heterocycles. The second-order valence-electron chi connectivity index (χ2n) is 5.04. The van der Waals surface area contributed by atoms with Crippen LogP contribution in [0.15, 0.2) is 59.7 Å². The van der Waals surface area contributed by atoms with Gasteiger partial charge in [-0.15, -0.1) is 0 Å².